The van der Waals surface area contributed by atoms with E-state index >= 15 is 0 Å². The monoisotopic (exact) mass is 221 g/mol. The van der Waals surface area contributed by atoms with Gasteiger partial charge in [-0.05, 0) is 6.07 Å². The summed E-state index contributed by atoms with van der Waals surface area (Å²) >= 11 is 0. The van der Waals surface area contributed by atoms with E-state index in [1.165, 1.54) is 7.11 Å². The molecular formula is C9H7N3O4. The number of nitrogens with two attached hydrogens (primary N) is 1. The summed E-state index contributed by atoms with van der Waals surface area (Å²) in [6, 6.07) is 3.80. The topological polar surface area (TPSA) is 119 Å². The molecule has 1 aromatic rings. The largest absolute Gasteiger partial charge is 0.490 e. The van der Waals surface area contributed by atoms with Gasteiger partial charge >= 0.3 is 5.69 Å². The maximum Gasteiger partial charge on any atom is 0.328 e. The Labute approximate surface area is 90.2 Å². The molecule has 1 rings (SSSR count). The second kappa shape index (κ2) is 4.27. The third-order valence-corrected chi connectivity index (χ3v) is 1.88. The molecule has 7 heteroatoms. The van der Waals surface area contributed by atoms with Crippen LogP contribution < -0.4 is 10.5 Å². The number of benzene rings is 1. The van der Waals surface area contributed by atoms with Crippen LogP contribution >= 0.6 is 0 Å². The fourth-order valence-corrected chi connectivity index (χ4v) is 1.18. The van der Waals surface area contributed by atoms with Crippen molar-refractivity contribution in [3.63, 3.8) is 0 Å². The van der Waals surface area contributed by atoms with Gasteiger partial charge in [-0.1, -0.05) is 0 Å². The number of ether oxygens (including phenoxy) is 1. The van der Waals surface area contributed by atoms with E-state index in [4.69, 9.17) is 15.7 Å². The first-order chi connectivity index (χ1) is 7.51. The van der Waals surface area contributed by atoms with Crippen molar-refractivity contribution in [1.82, 2.24) is 0 Å². The number of methoxy groups -OCH3 is 1. The van der Waals surface area contributed by atoms with Crippen LogP contribution in [0.4, 0.5) is 5.69 Å². The molecule has 0 saturated heterocycles. The van der Waals surface area contributed by atoms with Crippen molar-refractivity contribution in [2.45, 2.75) is 0 Å². The van der Waals surface area contributed by atoms with E-state index < -0.39 is 16.5 Å². The van der Waals surface area contributed by atoms with E-state index in [2.05, 4.69) is 0 Å². The van der Waals surface area contributed by atoms with Crippen LogP contribution in [-0.2, 0) is 0 Å². The molecule has 7 nitrogen and oxygen atoms in total. The minimum absolute atomic E-state index is 0.0148. The summed E-state index contributed by atoms with van der Waals surface area (Å²) in [5.41, 5.74) is 4.26. The molecule has 82 valence electrons. The van der Waals surface area contributed by atoms with Gasteiger partial charge in [-0.15, -0.1) is 0 Å². The van der Waals surface area contributed by atoms with Crippen LogP contribution in [0.2, 0.25) is 0 Å². The van der Waals surface area contributed by atoms with Gasteiger partial charge < -0.3 is 10.5 Å². The fraction of sp³-hybridized carbons (Fsp3) is 0.111. The summed E-state index contributed by atoms with van der Waals surface area (Å²) in [7, 11) is 1.20. The first-order valence-electron chi connectivity index (χ1n) is 4.07. The minimum Gasteiger partial charge on any atom is -0.490 e. The van der Waals surface area contributed by atoms with Crippen molar-refractivity contribution in [3.05, 3.63) is 33.4 Å². The highest BCUT2D eigenvalue weighted by atomic mass is 16.6. The standard InChI is InChI=1S/C9H7N3O4/c1-16-7-3-5(9(11)13)2-6(4-10)8(7)12(14)15/h2-3H,1H3,(H2,11,13). The lowest BCUT2D eigenvalue weighted by Crippen LogP contribution is -2.12. The van der Waals surface area contributed by atoms with Gasteiger partial charge in [-0.25, -0.2) is 0 Å². The van der Waals surface area contributed by atoms with Gasteiger partial charge in [-0.3, -0.25) is 14.9 Å². The number of nitriles is 1. The number of carbonyl (C=O) groups excluding carboxylic acids is 1. The van der Waals surface area contributed by atoms with Crippen LogP contribution in [0.3, 0.4) is 0 Å². The molecule has 0 atom stereocenters. The second-order valence-electron chi connectivity index (χ2n) is 2.81. The van der Waals surface area contributed by atoms with Gasteiger partial charge in [0.1, 0.15) is 11.6 Å². The summed E-state index contributed by atoms with van der Waals surface area (Å²) in [5, 5.41) is 19.4. The van der Waals surface area contributed by atoms with Crippen LogP contribution in [0.1, 0.15) is 15.9 Å². The van der Waals surface area contributed by atoms with Crippen molar-refractivity contribution < 1.29 is 14.5 Å². The Morgan fingerprint density at radius 2 is 2.25 bits per heavy atom. The van der Waals surface area contributed by atoms with Crippen LogP contribution in [0.25, 0.3) is 0 Å². The van der Waals surface area contributed by atoms with Crippen molar-refractivity contribution >= 4 is 11.6 Å². The highest BCUT2D eigenvalue weighted by Crippen LogP contribution is 2.31. The number of primary amides is 1. The molecule has 0 radical (unpaired) electrons. The highest BCUT2D eigenvalue weighted by molar-refractivity contribution is 5.94. The zero-order valence-corrected chi connectivity index (χ0v) is 8.26. The Kier molecular flexibility index (Phi) is 3.06. The molecule has 0 aromatic heterocycles. The summed E-state index contributed by atoms with van der Waals surface area (Å²) in [4.78, 5) is 20.9. The lowest BCUT2D eigenvalue weighted by Gasteiger charge is -2.04. The van der Waals surface area contributed by atoms with E-state index in [-0.39, 0.29) is 16.9 Å². The Morgan fingerprint density at radius 3 is 2.62 bits per heavy atom. The van der Waals surface area contributed by atoms with Crippen LogP contribution in [0.15, 0.2) is 12.1 Å². The molecule has 0 heterocycles. The van der Waals surface area contributed by atoms with Crippen LogP contribution in [-0.4, -0.2) is 17.9 Å². The summed E-state index contributed by atoms with van der Waals surface area (Å²) < 4.78 is 4.74. The first kappa shape index (κ1) is 11.5. The Bertz CT molecular complexity index is 504. The maximum absolute atomic E-state index is 10.9. The van der Waals surface area contributed by atoms with Crippen molar-refractivity contribution in [3.8, 4) is 11.8 Å². The molecule has 1 amide bonds. The number of rotatable bonds is 3. The molecule has 0 saturated carbocycles. The van der Waals surface area contributed by atoms with E-state index in [0.717, 1.165) is 12.1 Å². The Morgan fingerprint density at radius 1 is 1.62 bits per heavy atom. The van der Waals surface area contributed by atoms with Crippen molar-refractivity contribution in [1.29, 1.82) is 5.26 Å². The predicted molar refractivity (Wildman–Crippen MR) is 52.9 cm³/mol. The lowest BCUT2D eigenvalue weighted by atomic mass is 10.1. The van der Waals surface area contributed by atoms with E-state index in [1.54, 1.807) is 6.07 Å². The molecule has 0 aliphatic rings. The van der Waals surface area contributed by atoms with E-state index in [0.29, 0.717) is 0 Å². The van der Waals surface area contributed by atoms with Crippen LogP contribution in [0, 0.1) is 21.4 Å². The van der Waals surface area contributed by atoms with Gasteiger partial charge in [0.25, 0.3) is 0 Å². The zero-order chi connectivity index (χ0) is 12.3. The molecular weight excluding hydrogens is 214 g/mol. The van der Waals surface area contributed by atoms with Gasteiger partial charge in [0.05, 0.1) is 12.0 Å². The maximum atomic E-state index is 10.9. The number of hydrogen-bond acceptors (Lipinski definition) is 5. The number of nitrogens with zero attached hydrogens (tertiary/aromatic N) is 2. The first-order valence-corrected chi connectivity index (χ1v) is 4.07. The molecule has 0 spiro atoms. The van der Waals surface area contributed by atoms with E-state index in [1.807, 2.05) is 0 Å². The highest BCUT2D eigenvalue weighted by Gasteiger charge is 2.23. The van der Waals surface area contributed by atoms with Crippen LogP contribution in [0.5, 0.6) is 5.75 Å². The average molecular weight is 221 g/mol. The lowest BCUT2D eigenvalue weighted by molar-refractivity contribution is -0.386. The summed E-state index contributed by atoms with van der Waals surface area (Å²) in [6.45, 7) is 0. The molecule has 0 aliphatic heterocycles. The number of nitro benzene ring substituents is 1. The molecule has 0 fully saturated rings. The molecule has 0 unspecified atom stereocenters. The van der Waals surface area contributed by atoms with Crippen molar-refractivity contribution in [2.24, 2.45) is 5.73 Å². The number of carbonyl (C=O) groups is 1. The average Bonchev–Trinajstić information content (AvgIpc) is 2.26. The molecule has 1 aromatic carbocycles. The van der Waals surface area contributed by atoms with Crippen molar-refractivity contribution in [2.75, 3.05) is 7.11 Å². The summed E-state index contributed by atoms with van der Waals surface area (Å²) in [6.07, 6.45) is 0. The molecule has 16 heavy (non-hydrogen) atoms. The zero-order valence-electron chi connectivity index (χ0n) is 8.26. The van der Waals surface area contributed by atoms with Gasteiger partial charge in [0, 0.05) is 11.6 Å². The van der Waals surface area contributed by atoms with Gasteiger partial charge in [0.2, 0.25) is 5.91 Å². The smallest absolute Gasteiger partial charge is 0.328 e. The molecule has 2 N–H and O–H groups in total. The third kappa shape index (κ3) is 1.90. The SMILES string of the molecule is COc1cc(C(N)=O)cc(C#N)c1[N+](=O)[O-]. The Balaban J connectivity index is 3.57. The van der Waals surface area contributed by atoms with E-state index in [9.17, 15) is 14.9 Å². The van der Waals surface area contributed by atoms with Gasteiger partial charge in [0.15, 0.2) is 5.75 Å². The third-order valence-electron chi connectivity index (χ3n) is 1.88. The number of hydrogen-bond donors (Lipinski definition) is 1. The summed E-state index contributed by atoms with van der Waals surface area (Å²) in [5.74, 6) is -0.956. The molecule has 0 bridgehead atoms. The Hall–Kier alpha value is -2.62. The minimum atomic E-state index is -0.787. The molecule has 0 aliphatic carbocycles. The fourth-order valence-electron chi connectivity index (χ4n) is 1.18. The number of amides is 1. The number of nitro groups is 1. The normalized spacial score (nSPS) is 9.25. The second-order valence-corrected chi connectivity index (χ2v) is 2.81. The predicted octanol–water partition coefficient (Wildman–Crippen LogP) is 0.574. The quantitative estimate of drug-likeness (QED) is 0.591. The van der Waals surface area contributed by atoms with Gasteiger partial charge in [-0.2, -0.15) is 5.26 Å².